The summed E-state index contributed by atoms with van der Waals surface area (Å²) in [7, 11) is 4.27. The van der Waals surface area contributed by atoms with Gasteiger partial charge in [0.15, 0.2) is 0 Å². The Morgan fingerprint density at radius 1 is 0.864 bits per heavy atom. The molecule has 0 radical (unpaired) electrons. The lowest BCUT2D eigenvalue weighted by atomic mass is 9.87. The van der Waals surface area contributed by atoms with Gasteiger partial charge in [-0.05, 0) is 61.5 Å². The van der Waals surface area contributed by atoms with Crippen LogP contribution in [0.5, 0.6) is 0 Å². The van der Waals surface area contributed by atoms with Crippen molar-refractivity contribution in [3.63, 3.8) is 0 Å². The lowest BCUT2D eigenvalue weighted by molar-refractivity contribution is 0.405. The third-order valence-corrected chi connectivity index (χ3v) is 4.22. The Hall–Kier alpha value is -1.02. The van der Waals surface area contributed by atoms with Crippen LogP contribution in [0.15, 0.2) is 12.1 Å². The molecular weight excluding hydrogens is 268 g/mol. The molecule has 1 aromatic carbocycles. The van der Waals surface area contributed by atoms with E-state index in [2.05, 4.69) is 78.0 Å². The summed E-state index contributed by atoms with van der Waals surface area (Å²) in [6.45, 7) is 15.9. The van der Waals surface area contributed by atoms with E-state index in [1.54, 1.807) is 0 Å². The number of benzene rings is 1. The Bertz CT molecular complexity index is 430. The smallest absolute Gasteiger partial charge is 0.0410 e. The molecule has 0 aromatic heterocycles. The van der Waals surface area contributed by atoms with Crippen molar-refractivity contribution in [2.45, 2.75) is 65.7 Å². The van der Waals surface area contributed by atoms with E-state index in [-0.39, 0.29) is 0 Å². The molecule has 0 aliphatic rings. The van der Waals surface area contributed by atoms with Gasteiger partial charge in [-0.25, -0.2) is 0 Å². The van der Waals surface area contributed by atoms with Gasteiger partial charge in [0.25, 0.3) is 0 Å². The van der Waals surface area contributed by atoms with Crippen LogP contribution in [0.4, 0.5) is 5.69 Å². The van der Waals surface area contributed by atoms with E-state index in [4.69, 9.17) is 0 Å². The molecule has 0 heterocycles. The molecule has 1 N–H and O–H groups in total. The minimum absolute atomic E-state index is 0.549. The predicted molar refractivity (Wildman–Crippen MR) is 100 cm³/mol. The first-order chi connectivity index (χ1) is 10.2. The maximum absolute atomic E-state index is 3.74. The standard InChI is InChI=1S/C20H36N2/c1-14(2)17-12-18(15(3)4)20(19(13-17)16(5)6)21-10-9-11-22(7)8/h12-16,21H,9-11H2,1-8H3. The first-order valence-electron chi connectivity index (χ1n) is 8.80. The highest BCUT2D eigenvalue weighted by atomic mass is 15.1. The Morgan fingerprint density at radius 2 is 1.36 bits per heavy atom. The normalized spacial score (nSPS) is 12.0. The molecule has 0 aliphatic heterocycles. The first-order valence-corrected chi connectivity index (χ1v) is 8.80. The first kappa shape index (κ1) is 19.0. The Kier molecular flexibility index (Phi) is 7.41. The van der Waals surface area contributed by atoms with Crippen molar-refractivity contribution in [2.24, 2.45) is 0 Å². The van der Waals surface area contributed by atoms with Gasteiger partial charge >= 0.3 is 0 Å². The van der Waals surface area contributed by atoms with Crippen molar-refractivity contribution in [1.29, 1.82) is 0 Å². The zero-order valence-electron chi connectivity index (χ0n) is 16.0. The van der Waals surface area contributed by atoms with Crippen LogP contribution in [0.2, 0.25) is 0 Å². The number of nitrogens with one attached hydrogen (secondary N) is 1. The molecule has 0 saturated carbocycles. The predicted octanol–water partition coefficient (Wildman–Crippen LogP) is 5.42. The highest BCUT2D eigenvalue weighted by Crippen LogP contribution is 2.35. The Balaban J connectivity index is 3.10. The van der Waals surface area contributed by atoms with E-state index < -0.39 is 0 Å². The number of hydrogen-bond donors (Lipinski definition) is 1. The monoisotopic (exact) mass is 304 g/mol. The average molecular weight is 305 g/mol. The molecule has 1 aromatic rings. The molecule has 0 bridgehead atoms. The third-order valence-electron chi connectivity index (χ3n) is 4.22. The largest absolute Gasteiger partial charge is 0.385 e. The minimum atomic E-state index is 0.549. The molecule has 0 fully saturated rings. The fourth-order valence-corrected chi connectivity index (χ4v) is 2.77. The van der Waals surface area contributed by atoms with E-state index in [9.17, 15) is 0 Å². The molecule has 0 unspecified atom stereocenters. The van der Waals surface area contributed by atoms with Crippen molar-refractivity contribution in [1.82, 2.24) is 4.90 Å². The van der Waals surface area contributed by atoms with Crippen LogP contribution < -0.4 is 5.32 Å². The van der Waals surface area contributed by atoms with Gasteiger partial charge < -0.3 is 10.2 Å². The topological polar surface area (TPSA) is 15.3 Å². The second-order valence-corrected chi connectivity index (χ2v) is 7.62. The quantitative estimate of drug-likeness (QED) is 0.645. The highest BCUT2D eigenvalue weighted by molar-refractivity contribution is 5.62. The van der Waals surface area contributed by atoms with Crippen molar-refractivity contribution in [3.8, 4) is 0 Å². The van der Waals surface area contributed by atoms with Crippen molar-refractivity contribution in [3.05, 3.63) is 28.8 Å². The Morgan fingerprint density at radius 3 is 1.73 bits per heavy atom. The summed E-state index contributed by atoms with van der Waals surface area (Å²) in [6, 6.07) is 4.82. The van der Waals surface area contributed by atoms with Crippen LogP contribution >= 0.6 is 0 Å². The molecule has 22 heavy (non-hydrogen) atoms. The zero-order valence-corrected chi connectivity index (χ0v) is 16.0. The minimum Gasteiger partial charge on any atom is -0.385 e. The molecule has 0 atom stereocenters. The lowest BCUT2D eigenvalue weighted by Crippen LogP contribution is -2.17. The average Bonchev–Trinajstić information content (AvgIpc) is 2.42. The van der Waals surface area contributed by atoms with E-state index in [0.29, 0.717) is 17.8 Å². The van der Waals surface area contributed by atoms with Crippen molar-refractivity contribution < 1.29 is 0 Å². The fraction of sp³-hybridized carbons (Fsp3) is 0.700. The summed E-state index contributed by atoms with van der Waals surface area (Å²) < 4.78 is 0. The van der Waals surface area contributed by atoms with Crippen LogP contribution in [-0.4, -0.2) is 32.1 Å². The lowest BCUT2D eigenvalue weighted by Gasteiger charge is -2.24. The molecular formula is C20H36N2. The molecule has 1 rings (SSSR count). The van der Waals surface area contributed by atoms with E-state index in [0.717, 1.165) is 13.1 Å². The SMILES string of the molecule is CC(C)c1cc(C(C)C)c(NCCCN(C)C)c(C(C)C)c1. The second-order valence-electron chi connectivity index (χ2n) is 7.62. The molecule has 2 nitrogen and oxygen atoms in total. The third kappa shape index (κ3) is 5.31. The van der Waals surface area contributed by atoms with Gasteiger partial charge in [0.1, 0.15) is 0 Å². The van der Waals surface area contributed by atoms with Gasteiger partial charge in [0.2, 0.25) is 0 Å². The van der Waals surface area contributed by atoms with E-state index in [1.165, 1.54) is 28.8 Å². The molecule has 2 heteroatoms. The summed E-state index contributed by atoms with van der Waals surface area (Å²) in [5, 5.41) is 3.74. The number of rotatable bonds is 8. The number of hydrogen-bond acceptors (Lipinski definition) is 2. The molecule has 126 valence electrons. The number of anilines is 1. The second kappa shape index (κ2) is 8.57. The fourth-order valence-electron chi connectivity index (χ4n) is 2.77. The summed E-state index contributed by atoms with van der Waals surface area (Å²) in [4.78, 5) is 2.25. The van der Waals surface area contributed by atoms with Crippen molar-refractivity contribution >= 4 is 5.69 Å². The van der Waals surface area contributed by atoms with Crippen molar-refractivity contribution in [2.75, 3.05) is 32.5 Å². The van der Waals surface area contributed by atoms with Gasteiger partial charge in [0.05, 0.1) is 0 Å². The van der Waals surface area contributed by atoms with Gasteiger partial charge in [0, 0.05) is 12.2 Å². The summed E-state index contributed by atoms with van der Waals surface area (Å²) in [6.07, 6.45) is 1.17. The van der Waals surface area contributed by atoms with E-state index in [1.807, 2.05) is 0 Å². The summed E-state index contributed by atoms with van der Waals surface area (Å²) in [5.74, 6) is 1.68. The van der Waals surface area contributed by atoms with Crippen LogP contribution in [-0.2, 0) is 0 Å². The van der Waals surface area contributed by atoms with Crippen LogP contribution in [0.1, 0.15) is 82.4 Å². The van der Waals surface area contributed by atoms with E-state index >= 15 is 0 Å². The zero-order chi connectivity index (χ0) is 16.9. The Labute approximate surface area is 138 Å². The maximum atomic E-state index is 3.74. The van der Waals surface area contributed by atoms with Gasteiger partial charge in [-0.3, -0.25) is 0 Å². The highest BCUT2D eigenvalue weighted by Gasteiger charge is 2.16. The summed E-state index contributed by atoms with van der Waals surface area (Å²) in [5.41, 5.74) is 5.79. The summed E-state index contributed by atoms with van der Waals surface area (Å²) >= 11 is 0. The molecule has 0 saturated heterocycles. The molecule has 0 amide bonds. The van der Waals surface area contributed by atoms with Gasteiger partial charge in [-0.15, -0.1) is 0 Å². The number of nitrogens with zero attached hydrogens (tertiary/aromatic N) is 1. The maximum Gasteiger partial charge on any atom is 0.0410 e. The molecule has 0 spiro atoms. The van der Waals surface area contributed by atoms with Crippen LogP contribution in [0.3, 0.4) is 0 Å². The van der Waals surface area contributed by atoms with Crippen LogP contribution in [0, 0.1) is 0 Å². The van der Waals surface area contributed by atoms with Gasteiger partial charge in [-0.1, -0.05) is 53.7 Å². The van der Waals surface area contributed by atoms with Gasteiger partial charge in [-0.2, -0.15) is 0 Å². The van der Waals surface area contributed by atoms with Crippen LogP contribution in [0.25, 0.3) is 0 Å². The molecule has 0 aliphatic carbocycles.